The van der Waals surface area contributed by atoms with Crippen LogP contribution in [0.5, 0.6) is 0 Å². The van der Waals surface area contributed by atoms with Gasteiger partial charge in [-0.2, -0.15) is 0 Å². The molecular weight excluding hydrogens is 337 g/mol. The zero-order valence-electron chi connectivity index (χ0n) is 12.1. The quantitative estimate of drug-likeness (QED) is 0.870. The summed E-state index contributed by atoms with van der Waals surface area (Å²) in [5, 5.41) is 2.62. The molecule has 3 N–H and O–H groups in total. The number of amides is 1. The minimum absolute atomic E-state index is 0.204. The van der Waals surface area contributed by atoms with Gasteiger partial charge in [0.2, 0.25) is 5.91 Å². The van der Waals surface area contributed by atoms with Gasteiger partial charge in [0.15, 0.2) is 0 Å². The Labute approximate surface area is 133 Å². The third-order valence-electron chi connectivity index (χ3n) is 3.92. The molecule has 6 heteroatoms. The standard InChI is InChI=1S/C15H21BrFN3O/c1-10-4-5-20(12(6-10)8-18)9-15(21)19-14-3-2-11(16)7-13(14)17/h2-3,7,10,12H,4-6,8-9,18H2,1H3,(H,19,21). The van der Waals surface area contributed by atoms with E-state index in [1.807, 2.05) is 0 Å². The first-order valence-electron chi connectivity index (χ1n) is 7.18. The lowest BCUT2D eigenvalue weighted by Crippen LogP contribution is -2.49. The van der Waals surface area contributed by atoms with Gasteiger partial charge in [0.25, 0.3) is 0 Å². The van der Waals surface area contributed by atoms with Gasteiger partial charge in [-0.25, -0.2) is 4.39 Å². The Hall–Kier alpha value is -0.980. The number of hydrogen-bond donors (Lipinski definition) is 2. The molecule has 0 aliphatic carbocycles. The highest BCUT2D eigenvalue weighted by molar-refractivity contribution is 9.10. The first-order chi connectivity index (χ1) is 9.99. The van der Waals surface area contributed by atoms with Gasteiger partial charge in [0.1, 0.15) is 5.82 Å². The van der Waals surface area contributed by atoms with Gasteiger partial charge in [0, 0.05) is 17.1 Å². The molecule has 2 atom stereocenters. The molecule has 1 heterocycles. The zero-order chi connectivity index (χ0) is 15.4. The van der Waals surface area contributed by atoms with Crippen LogP contribution in [0.3, 0.4) is 0 Å². The lowest BCUT2D eigenvalue weighted by Gasteiger charge is -2.37. The number of benzene rings is 1. The molecule has 1 aromatic carbocycles. The molecule has 1 aliphatic heterocycles. The largest absolute Gasteiger partial charge is 0.329 e. The van der Waals surface area contributed by atoms with Crippen LogP contribution in [0, 0.1) is 11.7 Å². The topological polar surface area (TPSA) is 58.4 Å². The summed E-state index contributed by atoms with van der Waals surface area (Å²) in [4.78, 5) is 14.2. The van der Waals surface area contributed by atoms with Crippen molar-refractivity contribution in [3.63, 3.8) is 0 Å². The predicted molar refractivity (Wildman–Crippen MR) is 85.5 cm³/mol. The summed E-state index contributed by atoms with van der Waals surface area (Å²) < 4.78 is 14.3. The van der Waals surface area contributed by atoms with Crippen molar-refractivity contribution >= 4 is 27.5 Å². The Morgan fingerprint density at radius 3 is 3.00 bits per heavy atom. The third kappa shape index (κ3) is 4.49. The molecule has 1 aromatic rings. The minimum Gasteiger partial charge on any atom is -0.329 e. The highest BCUT2D eigenvalue weighted by atomic mass is 79.9. The van der Waals surface area contributed by atoms with Crippen molar-refractivity contribution in [2.24, 2.45) is 11.7 Å². The van der Waals surface area contributed by atoms with Crippen LogP contribution in [0.25, 0.3) is 0 Å². The van der Waals surface area contributed by atoms with Gasteiger partial charge in [-0.05, 0) is 43.5 Å². The molecule has 0 spiro atoms. The zero-order valence-corrected chi connectivity index (χ0v) is 13.7. The van der Waals surface area contributed by atoms with Crippen LogP contribution < -0.4 is 11.1 Å². The van der Waals surface area contributed by atoms with E-state index in [2.05, 4.69) is 33.1 Å². The molecule has 21 heavy (non-hydrogen) atoms. The fraction of sp³-hybridized carbons (Fsp3) is 0.533. The predicted octanol–water partition coefficient (Wildman–Crippen LogP) is 2.59. The Bertz CT molecular complexity index is 512. The third-order valence-corrected chi connectivity index (χ3v) is 4.42. The minimum atomic E-state index is -0.444. The number of nitrogens with two attached hydrogens (primary N) is 1. The van der Waals surface area contributed by atoms with E-state index in [4.69, 9.17) is 5.73 Å². The molecule has 1 fully saturated rings. The number of anilines is 1. The average Bonchev–Trinajstić information content (AvgIpc) is 2.44. The van der Waals surface area contributed by atoms with Crippen molar-refractivity contribution in [3.8, 4) is 0 Å². The first-order valence-corrected chi connectivity index (χ1v) is 7.98. The van der Waals surface area contributed by atoms with E-state index in [1.54, 1.807) is 12.1 Å². The highest BCUT2D eigenvalue weighted by Crippen LogP contribution is 2.22. The lowest BCUT2D eigenvalue weighted by molar-refractivity contribution is -0.118. The molecule has 1 aliphatic rings. The van der Waals surface area contributed by atoms with Crippen molar-refractivity contribution < 1.29 is 9.18 Å². The summed E-state index contributed by atoms with van der Waals surface area (Å²) in [5.74, 6) is -0.00799. The number of nitrogens with zero attached hydrogens (tertiary/aromatic N) is 1. The number of hydrogen-bond acceptors (Lipinski definition) is 3. The van der Waals surface area contributed by atoms with Crippen LogP contribution in [0.4, 0.5) is 10.1 Å². The van der Waals surface area contributed by atoms with Crippen LogP contribution in [-0.2, 0) is 4.79 Å². The number of nitrogens with one attached hydrogen (secondary N) is 1. The smallest absolute Gasteiger partial charge is 0.238 e. The Kier molecular flexibility index (Phi) is 5.72. The summed E-state index contributed by atoms with van der Waals surface area (Å²) in [7, 11) is 0. The van der Waals surface area contributed by atoms with Gasteiger partial charge < -0.3 is 11.1 Å². The number of likely N-dealkylation sites (tertiary alicyclic amines) is 1. The van der Waals surface area contributed by atoms with Crippen molar-refractivity contribution in [2.45, 2.75) is 25.8 Å². The normalized spacial score (nSPS) is 23.0. The van der Waals surface area contributed by atoms with Crippen LogP contribution >= 0.6 is 15.9 Å². The number of rotatable bonds is 4. The average molecular weight is 358 g/mol. The molecule has 116 valence electrons. The van der Waals surface area contributed by atoms with E-state index in [-0.39, 0.29) is 24.2 Å². The fourth-order valence-corrected chi connectivity index (χ4v) is 3.05. The van der Waals surface area contributed by atoms with Gasteiger partial charge in [-0.3, -0.25) is 9.69 Å². The highest BCUT2D eigenvalue weighted by Gasteiger charge is 2.26. The maximum Gasteiger partial charge on any atom is 0.238 e. The van der Waals surface area contributed by atoms with E-state index >= 15 is 0 Å². The van der Waals surface area contributed by atoms with Crippen LogP contribution in [0.2, 0.25) is 0 Å². The molecule has 1 amide bonds. The van der Waals surface area contributed by atoms with Crippen LogP contribution in [-0.4, -0.2) is 36.5 Å². The first kappa shape index (κ1) is 16.4. The van der Waals surface area contributed by atoms with Crippen molar-refractivity contribution in [1.29, 1.82) is 0 Å². The van der Waals surface area contributed by atoms with Gasteiger partial charge in [-0.15, -0.1) is 0 Å². The van der Waals surface area contributed by atoms with E-state index < -0.39 is 5.82 Å². The van der Waals surface area contributed by atoms with Crippen molar-refractivity contribution in [3.05, 3.63) is 28.5 Å². The SMILES string of the molecule is CC1CCN(CC(=O)Nc2ccc(Br)cc2F)C(CN)C1. The van der Waals surface area contributed by atoms with E-state index in [1.165, 1.54) is 6.07 Å². The van der Waals surface area contributed by atoms with E-state index in [0.29, 0.717) is 16.9 Å². The second-order valence-corrected chi connectivity index (χ2v) is 6.58. The van der Waals surface area contributed by atoms with Crippen LogP contribution in [0.1, 0.15) is 19.8 Å². The summed E-state index contributed by atoms with van der Waals surface area (Å²) >= 11 is 3.19. The number of piperidine rings is 1. The molecule has 0 radical (unpaired) electrons. The maximum absolute atomic E-state index is 13.7. The molecule has 2 rings (SSSR count). The number of carbonyl (C=O) groups is 1. The molecule has 0 saturated carbocycles. The van der Waals surface area contributed by atoms with E-state index in [9.17, 15) is 9.18 Å². The summed E-state index contributed by atoms with van der Waals surface area (Å²) in [6, 6.07) is 4.81. The number of carbonyl (C=O) groups excluding carboxylic acids is 1. The second kappa shape index (κ2) is 7.33. The van der Waals surface area contributed by atoms with Crippen LogP contribution in [0.15, 0.2) is 22.7 Å². The monoisotopic (exact) mass is 357 g/mol. The fourth-order valence-electron chi connectivity index (χ4n) is 2.72. The summed E-state index contributed by atoms with van der Waals surface area (Å²) in [6.07, 6.45) is 2.08. The molecule has 4 nitrogen and oxygen atoms in total. The van der Waals surface area contributed by atoms with Gasteiger partial charge >= 0.3 is 0 Å². The Morgan fingerprint density at radius 1 is 1.57 bits per heavy atom. The summed E-state index contributed by atoms with van der Waals surface area (Å²) in [5.41, 5.74) is 5.99. The second-order valence-electron chi connectivity index (χ2n) is 5.66. The molecule has 2 unspecified atom stereocenters. The molecule has 1 saturated heterocycles. The summed E-state index contributed by atoms with van der Waals surface area (Å²) in [6.45, 7) is 3.87. The maximum atomic E-state index is 13.7. The number of halogens is 2. The Balaban J connectivity index is 1.94. The van der Waals surface area contributed by atoms with E-state index in [0.717, 1.165) is 19.4 Å². The van der Waals surface area contributed by atoms with Crippen molar-refractivity contribution in [2.75, 3.05) is 25.0 Å². The molecule has 0 bridgehead atoms. The lowest BCUT2D eigenvalue weighted by atomic mass is 9.92. The Morgan fingerprint density at radius 2 is 2.33 bits per heavy atom. The van der Waals surface area contributed by atoms with Crippen molar-refractivity contribution in [1.82, 2.24) is 4.90 Å². The van der Waals surface area contributed by atoms with Gasteiger partial charge in [0.05, 0.1) is 12.2 Å². The molecular formula is C15H21BrFN3O. The molecule has 0 aromatic heterocycles. The van der Waals surface area contributed by atoms with Gasteiger partial charge in [-0.1, -0.05) is 22.9 Å².